The van der Waals surface area contributed by atoms with Crippen molar-refractivity contribution in [3.63, 3.8) is 0 Å². The minimum atomic E-state index is -0.189. The quantitative estimate of drug-likeness (QED) is 0.741. The third kappa shape index (κ3) is 1.74. The summed E-state index contributed by atoms with van der Waals surface area (Å²) in [5, 5.41) is 0. The van der Waals surface area contributed by atoms with Gasteiger partial charge in [0.15, 0.2) is 0 Å². The number of rotatable bonds is 1. The molecule has 0 aliphatic rings. The van der Waals surface area contributed by atoms with E-state index in [1.54, 1.807) is 37.6 Å². The molecule has 76 valence electrons. The lowest BCUT2D eigenvalue weighted by Crippen LogP contribution is -2.16. The predicted octanol–water partition coefficient (Wildman–Crippen LogP) is 0.741. The molecular formula is C11H10N2O2. The number of hydrogen-bond donors (Lipinski definition) is 1. The highest BCUT2D eigenvalue weighted by Gasteiger charge is 2.02. The molecule has 4 heteroatoms. The fraction of sp³-hybridized carbons (Fsp3) is 0.0909. The van der Waals surface area contributed by atoms with Gasteiger partial charge in [-0.2, -0.15) is 0 Å². The van der Waals surface area contributed by atoms with E-state index >= 15 is 0 Å². The van der Waals surface area contributed by atoms with E-state index in [0.717, 1.165) is 0 Å². The van der Waals surface area contributed by atoms with Crippen molar-refractivity contribution in [1.82, 2.24) is 9.55 Å². The number of pyridine rings is 2. The number of hydrogen-bond acceptors (Lipinski definition) is 2. The smallest absolute Gasteiger partial charge is 0.255 e. The van der Waals surface area contributed by atoms with Gasteiger partial charge in [-0.3, -0.25) is 9.59 Å². The van der Waals surface area contributed by atoms with Crippen LogP contribution in [0.1, 0.15) is 0 Å². The number of aromatic amines is 1. The lowest BCUT2D eigenvalue weighted by atomic mass is 10.1. The van der Waals surface area contributed by atoms with E-state index in [0.29, 0.717) is 11.1 Å². The van der Waals surface area contributed by atoms with Gasteiger partial charge in [-0.05, 0) is 23.8 Å². The highest BCUT2D eigenvalue weighted by molar-refractivity contribution is 5.61. The maximum Gasteiger partial charge on any atom is 0.255 e. The molecule has 2 rings (SSSR count). The van der Waals surface area contributed by atoms with E-state index in [2.05, 4.69) is 4.98 Å². The Kier molecular flexibility index (Phi) is 2.25. The Bertz CT molecular complexity index is 596. The second-order valence-corrected chi connectivity index (χ2v) is 3.28. The number of H-pyrrole nitrogens is 1. The molecular weight excluding hydrogens is 192 g/mol. The molecule has 0 spiro atoms. The highest BCUT2D eigenvalue weighted by Crippen LogP contribution is 2.10. The molecule has 0 aliphatic heterocycles. The van der Waals surface area contributed by atoms with Crippen LogP contribution in [0.4, 0.5) is 0 Å². The first-order valence-electron chi connectivity index (χ1n) is 4.53. The number of aromatic nitrogens is 2. The summed E-state index contributed by atoms with van der Waals surface area (Å²) in [7, 11) is 1.67. The minimum absolute atomic E-state index is 0.129. The Hall–Kier alpha value is -2.10. The van der Waals surface area contributed by atoms with Crippen LogP contribution >= 0.6 is 0 Å². The molecule has 2 heterocycles. The molecule has 0 aliphatic carbocycles. The molecule has 0 aromatic carbocycles. The zero-order valence-electron chi connectivity index (χ0n) is 8.23. The van der Waals surface area contributed by atoms with Crippen molar-refractivity contribution in [1.29, 1.82) is 0 Å². The second-order valence-electron chi connectivity index (χ2n) is 3.28. The van der Waals surface area contributed by atoms with E-state index < -0.39 is 0 Å². The summed E-state index contributed by atoms with van der Waals surface area (Å²) in [5.41, 5.74) is 0.830. The fourth-order valence-corrected chi connectivity index (χ4v) is 1.36. The maximum atomic E-state index is 11.5. The summed E-state index contributed by atoms with van der Waals surface area (Å²) >= 11 is 0. The van der Waals surface area contributed by atoms with Crippen molar-refractivity contribution in [3.05, 3.63) is 57.4 Å². The Morgan fingerprint density at radius 3 is 2.73 bits per heavy atom. The molecule has 15 heavy (non-hydrogen) atoms. The Morgan fingerprint density at radius 1 is 1.27 bits per heavy atom. The third-order valence-electron chi connectivity index (χ3n) is 2.23. The van der Waals surface area contributed by atoms with Gasteiger partial charge in [0.25, 0.3) is 11.1 Å². The Morgan fingerprint density at radius 2 is 2.07 bits per heavy atom. The van der Waals surface area contributed by atoms with Gasteiger partial charge in [0.05, 0.1) is 0 Å². The van der Waals surface area contributed by atoms with Gasteiger partial charge in [0, 0.05) is 31.1 Å². The largest absolute Gasteiger partial charge is 0.329 e. The van der Waals surface area contributed by atoms with Crippen LogP contribution in [0.15, 0.2) is 46.2 Å². The molecule has 2 aromatic rings. The first-order valence-corrected chi connectivity index (χ1v) is 4.53. The summed E-state index contributed by atoms with van der Waals surface area (Å²) < 4.78 is 1.46. The number of nitrogens with zero attached hydrogens (tertiary/aromatic N) is 1. The Balaban J connectivity index is 2.66. The van der Waals surface area contributed by atoms with Crippen LogP contribution in [0, 0.1) is 0 Å². The van der Waals surface area contributed by atoms with E-state index in [4.69, 9.17) is 0 Å². The van der Waals surface area contributed by atoms with Crippen molar-refractivity contribution in [2.24, 2.45) is 7.05 Å². The minimum Gasteiger partial charge on any atom is -0.329 e. The van der Waals surface area contributed by atoms with Crippen molar-refractivity contribution in [2.75, 3.05) is 0 Å². The van der Waals surface area contributed by atoms with Gasteiger partial charge in [-0.15, -0.1) is 0 Å². The van der Waals surface area contributed by atoms with Gasteiger partial charge < -0.3 is 9.55 Å². The molecule has 0 fully saturated rings. The number of aryl methyl sites for hydroxylation is 1. The molecule has 0 saturated heterocycles. The average molecular weight is 202 g/mol. The molecule has 0 radical (unpaired) electrons. The summed E-state index contributed by atoms with van der Waals surface area (Å²) in [6, 6.07) is 6.61. The van der Waals surface area contributed by atoms with Gasteiger partial charge >= 0.3 is 0 Å². The normalized spacial score (nSPS) is 10.2. The van der Waals surface area contributed by atoms with E-state index in [1.165, 1.54) is 10.6 Å². The van der Waals surface area contributed by atoms with Gasteiger partial charge in [-0.25, -0.2) is 0 Å². The molecule has 1 N–H and O–H groups in total. The van der Waals surface area contributed by atoms with Crippen molar-refractivity contribution < 1.29 is 0 Å². The highest BCUT2D eigenvalue weighted by atomic mass is 16.1. The van der Waals surface area contributed by atoms with Gasteiger partial charge in [-0.1, -0.05) is 0 Å². The number of nitrogens with one attached hydrogen (secondary N) is 1. The Labute approximate surface area is 85.8 Å². The monoisotopic (exact) mass is 202 g/mol. The fourth-order valence-electron chi connectivity index (χ4n) is 1.36. The van der Waals surface area contributed by atoms with Crippen LogP contribution in [-0.4, -0.2) is 9.55 Å². The lowest BCUT2D eigenvalue weighted by molar-refractivity contribution is 0.861. The molecule has 0 amide bonds. The first kappa shape index (κ1) is 9.45. The van der Waals surface area contributed by atoms with Crippen LogP contribution in [0.2, 0.25) is 0 Å². The van der Waals surface area contributed by atoms with Crippen LogP contribution in [0.3, 0.4) is 0 Å². The van der Waals surface area contributed by atoms with Crippen molar-refractivity contribution in [3.8, 4) is 11.1 Å². The zero-order valence-corrected chi connectivity index (χ0v) is 8.23. The second kappa shape index (κ2) is 3.57. The average Bonchev–Trinajstić information content (AvgIpc) is 2.23. The zero-order chi connectivity index (χ0) is 10.8. The molecule has 0 atom stereocenters. The van der Waals surface area contributed by atoms with Crippen LogP contribution in [0.25, 0.3) is 11.1 Å². The van der Waals surface area contributed by atoms with E-state index in [-0.39, 0.29) is 11.1 Å². The topological polar surface area (TPSA) is 54.9 Å². The predicted molar refractivity (Wildman–Crippen MR) is 57.7 cm³/mol. The molecule has 4 nitrogen and oxygen atoms in total. The van der Waals surface area contributed by atoms with Gasteiger partial charge in [0.1, 0.15) is 0 Å². The maximum absolute atomic E-state index is 11.5. The molecule has 0 bridgehead atoms. The first-order chi connectivity index (χ1) is 7.18. The molecule has 2 aromatic heterocycles. The van der Waals surface area contributed by atoms with Gasteiger partial charge in [0.2, 0.25) is 0 Å². The van der Waals surface area contributed by atoms with Crippen molar-refractivity contribution >= 4 is 0 Å². The molecule has 0 saturated carbocycles. The standard InChI is InChI=1S/C11H10N2O2/c1-13-6-4-8(7-10(13)14)9-3-2-5-12-11(9)15/h2-7H,1H3,(H,12,15). The van der Waals surface area contributed by atoms with Crippen LogP contribution < -0.4 is 11.1 Å². The van der Waals surface area contributed by atoms with E-state index in [9.17, 15) is 9.59 Å². The summed E-state index contributed by atoms with van der Waals surface area (Å²) in [6.07, 6.45) is 3.21. The third-order valence-corrected chi connectivity index (χ3v) is 2.23. The summed E-state index contributed by atoms with van der Waals surface area (Å²) in [4.78, 5) is 25.4. The van der Waals surface area contributed by atoms with Crippen LogP contribution in [-0.2, 0) is 7.05 Å². The SMILES string of the molecule is Cn1ccc(-c2ccc[nH]c2=O)cc1=O. The summed E-state index contributed by atoms with van der Waals surface area (Å²) in [5.74, 6) is 0. The van der Waals surface area contributed by atoms with E-state index in [1.807, 2.05) is 0 Å². The summed E-state index contributed by atoms with van der Waals surface area (Å²) in [6.45, 7) is 0. The molecule has 0 unspecified atom stereocenters. The van der Waals surface area contributed by atoms with Crippen molar-refractivity contribution in [2.45, 2.75) is 0 Å². The van der Waals surface area contributed by atoms with Crippen LogP contribution in [0.5, 0.6) is 0 Å². The lowest BCUT2D eigenvalue weighted by Gasteiger charge is -2.01.